The highest BCUT2D eigenvalue weighted by Gasteiger charge is 2.15. The quantitative estimate of drug-likeness (QED) is 0.793. The fourth-order valence-corrected chi connectivity index (χ4v) is 2.70. The van der Waals surface area contributed by atoms with Gasteiger partial charge in [-0.25, -0.2) is 0 Å². The number of hydrogen-bond donors (Lipinski definition) is 1. The molecule has 2 rings (SSSR count). The number of anilines is 1. The zero-order chi connectivity index (χ0) is 11.2. The van der Waals surface area contributed by atoms with Crippen LogP contribution in [0.4, 0.5) is 5.69 Å². The minimum atomic E-state index is 0.402. The van der Waals surface area contributed by atoms with Gasteiger partial charge in [0.1, 0.15) is 0 Å². The van der Waals surface area contributed by atoms with Gasteiger partial charge in [0.05, 0.1) is 6.10 Å². The number of thioether (sulfide) groups is 1. The molecule has 1 heterocycles. The van der Waals surface area contributed by atoms with Crippen LogP contribution in [0.1, 0.15) is 19.8 Å². The maximum Gasteiger partial charge on any atom is 0.0748 e. The van der Waals surface area contributed by atoms with Crippen LogP contribution in [0.25, 0.3) is 0 Å². The summed E-state index contributed by atoms with van der Waals surface area (Å²) in [6.07, 6.45) is 2.80. The van der Waals surface area contributed by atoms with Crippen LogP contribution in [0.3, 0.4) is 0 Å². The third kappa shape index (κ3) is 3.16. The first kappa shape index (κ1) is 11.8. The van der Waals surface area contributed by atoms with Crippen LogP contribution in [-0.2, 0) is 4.74 Å². The summed E-state index contributed by atoms with van der Waals surface area (Å²) in [6, 6.07) is 8.49. The van der Waals surface area contributed by atoms with Gasteiger partial charge in [-0.15, -0.1) is 11.8 Å². The average Bonchev–Trinajstić information content (AvgIpc) is 2.81. The first-order valence-corrected chi connectivity index (χ1v) is 6.96. The van der Waals surface area contributed by atoms with Gasteiger partial charge in [0, 0.05) is 23.7 Å². The number of hydrogen-bond acceptors (Lipinski definition) is 3. The van der Waals surface area contributed by atoms with E-state index in [2.05, 4.69) is 36.5 Å². The Labute approximate surface area is 102 Å². The van der Waals surface area contributed by atoms with Gasteiger partial charge in [0.15, 0.2) is 0 Å². The molecule has 1 aromatic rings. The molecule has 1 atom stereocenters. The van der Waals surface area contributed by atoms with Gasteiger partial charge in [0.2, 0.25) is 0 Å². The molecule has 1 aliphatic rings. The maximum absolute atomic E-state index is 5.61. The molecular formula is C13H19NOS. The second kappa shape index (κ2) is 6.16. The number of nitrogens with one attached hydrogen (secondary N) is 1. The Balaban J connectivity index is 1.91. The second-order valence-electron chi connectivity index (χ2n) is 3.95. The molecule has 3 heteroatoms. The summed E-state index contributed by atoms with van der Waals surface area (Å²) >= 11 is 1.88. The van der Waals surface area contributed by atoms with E-state index < -0.39 is 0 Å². The van der Waals surface area contributed by atoms with Crippen LogP contribution in [-0.4, -0.2) is 25.0 Å². The van der Waals surface area contributed by atoms with Crippen molar-refractivity contribution in [2.45, 2.75) is 30.8 Å². The van der Waals surface area contributed by atoms with Crippen molar-refractivity contribution in [2.24, 2.45) is 0 Å². The van der Waals surface area contributed by atoms with Crippen LogP contribution in [0.5, 0.6) is 0 Å². The Kier molecular flexibility index (Phi) is 4.55. The van der Waals surface area contributed by atoms with Crippen molar-refractivity contribution in [3.05, 3.63) is 24.3 Å². The molecule has 88 valence electrons. The second-order valence-corrected chi connectivity index (χ2v) is 5.25. The van der Waals surface area contributed by atoms with E-state index in [0.29, 0.717) is 6.10 Å². The van der Waals surface area contributed by atoms with E-state index in [1.807, 2.05) is 11.8 Å². The van der Waals surface area contributed by atoms with Crippen molar-refractivity contribution in [1.82, 2.24) is 0 Å². The summed E-state index contributed by atoms with van der Waals surface area (Å²) in [5.41, 5.74) is 1.24. The molecule has 16 heavy (non-hydrogen) atoms. The zero-order valence-electron chi connectivity index (χ0n) is 9.74. The van der Waals surface area contributed by atoms with Gasteiger partial charge < -0.3 is 10.1 Å². The van der Waals surface area contributed by atoms with E-state index in [4.69, 9.17) is 4.74 Å². The molecule has 0 aromatic heterocycles. The highest BCUT2D eigenvalue weighted by Crippen LogP contribution is 2.27. The lowest BCUT2D eigenvalue weighted by Crippen LogP contribution is -2.18. The topological polar surface area (TPSA) is 21.3 Å². The lowest BCUT2D eigenvalue weighted by molar-refractivity contribution is 0.120. The third-order valence-corrected chi connectivity index (χ3v) is 3.69. The van der Waals surface area contributed by atoms with Crippen LogP contribution in [0.15, 0.2) is 29.2 Å². The Hall–Kier alpha value is -0.670. The Morgan fingerprint density at radius 2 is 2.31 bits per heavy atom. The SMILES string of the molecule is CCSc1ccccc1NCC1CCCO1. The zero-order valence-corrected chi connectivity index (χ0v) is 10.6. The van der Waals surface area contributed by atoms with E-state index >= 15 is 0 Å². The van der Waals surface area contributed by atoms with Gasteiger partial charge >= 0.3 is 0 Å². The Bertz CT molecular complexity index is 323. The summed E-state index contributed by atoms with van der Waals surface area (Å²) in [7, 11) is 0. The third-order valence-electron chi connectivity index (χ3n) is 2.73. The Morgan fingerprint density at radius 1 is 1.44 bits per heavy atom. The fourth-order valence-electron chi connectivity index (χ4n) is 1.92. The number of ether oxygens (including phenoxy) is 1. The lowest BCUT2D eigenvalue weighted by Gasteiger charge is -2.14. The molecule has 2 nitrogen and oxygen atoms in total. The van der Waals surface area contributed by atoms with Crippen LogP contribution in [0.2, 0.25) is 0 Å². The predicted octanol–water partition coefficient (Wildman–Crippen LogP) is 3.39. The number of para-hydroxylation sites is 1. The van der Waals surface area contributed by atoms with Crippen molar-refractivity contribution in [3.63, 3.8) is 0 Å². The smallest absolute Gasteiger partial charge is 0.0748 e. The van der Waals surface area contributed by atoms with Crippen LogP contribution < -0.4 is 5.32 Å². The van der Waals surface area contributed by atoms with Gasteiger partial charge in [-0.2, -0.15) is 0 Å². The van der Waals surface area contributed by atoms with Gasteiger partial charge in [-0.1, -0.05) is 19.1 Å². The predicted molar refractivity (Wildman–Crippen MR) is 70.3 cm³/mol. The first-order valence-electron chi connectivity index (χ1n) is 5.97. The van der Waals surface area contributed by atoms with E-state index in [-0.39, 0.29) is 0 Å². The maximum atomic E-state index is 5.61. The normalized spacial score (nSPS) is 19.9. The summed E-state index contributed by atoms with van der Waals surface area (Å²) in [4.78, 5) is 1.34. The van der Waals surface area contributed by atoms with Crippen LogP contribution in [0, 0.1) is 0 Å². The minimum Gasteiger partial charge on any atom is -0.382 e. The Morgan fingerprint density at radius 3 is 3.06 bits per heavy atom. The fraction of sp³-hybridized carbons (Fsp3) is 0.538. The van der Waals surface area contributed by atoms with Crippen molar-refractivity contribution in [1.29, 1.82) is 0 Å². The van der Waals surface area contributed by atoms with Crippen molar-refractivity contribution in [3.8, 4) is 0 Å². The molecule has 1 N–H and O–H groups in total. The number of benzene rings is 1. The molecule has 1 aliphatic heterocycles. The molecule has 1 unspecified atom stereocenters. The molecule has 0 saturated carbocycles. The standard InChI is InChI=1S/C13H19NOS/c1-2-16-13-8-4-3-7-12(13)14-10-11-6-5-9-15-11/h3-4,7-8,11,14H,2,5-6,9-10H2,1H3. The average molecular weight is 237 g/mol. The van der Waals surface area contributed by atoms with Gasteiger partial charge in [-0.05, 0) is 30.7 Å². The highest BCUT2D eigenvalue weighted by molar-refractivity contribution is 7.99. The van der Waals surface area contributed by atoms with E-state index in [1.54, 1.807) is 0 Å². The molecule has 0 aliphatic carbocycles. The summed E-state index contributed by atoms with van der Waals surface area (Å²) in [5, 5.41) is 3.49. The van der Waals surface area contributed by atoms with Crippen LogP contribution >= 0.6 is 11.8 Å². The molecule has 1 fully saturated rings. The van der Waals surface area contributed by atoms with Gasteiger partial charge in [0.25, 0.3) is 0 Å². The van der Waals surface area contributed by atoms with Gasteiger partial charge in [-0.3, -0.25) is 0 Å². The monoisotopic (exact) mass is 237 g/mol. The molecule has 0 spiro atoms. The molecular weight excluding hydrogens is 218 g/mol. The van der Waals surface area contributed by atoms with E-state index in [1.165, 1.54) is 23.4 Å². The summed E-state index contributed by atoms with van der Waals surface area (Å²) in [6.45, 7) is 4.04. The number of rotatable bonds is 5. The molecule has 0 bridgehead atoms. The highest BCUT2D eigenvalue weighted by atomic mass is 32.2. The van der Waals surface area contributed by atoms with E-state index in [0.717, 1.165) is 18.9 Å². The van der Waals surface area contributed by atoms with E-state index in [9.17, 15) is 0 Å². The summed E-state index contributed by atoms with van der Waals surface area (Å²) in [5.74, 6) is 1.11. The van der Waals surface area contributed by atoms with Crippen molar-refractivity contribution in [2.75, 3.05) is 24.2 Å². The molecule has 1 aromatic carbocycles. The lowest BCUT2D eigenvalue weighted by atomic mass is 10.2. The van der Waals surface area contributed by atoms with Crippen molar-refractivity contribution >= 4 is 17.4 Å². The molecule has 1 saturated heterocycles. The molecule has 0 radical (unpaired) electrons. The first-order chi connectivity index (χ1) is 7.90. The largest absolute Gasteiger partial charge is 0.382 e. The molecule has 0 amide bonds. The minimum absolute atomic E-state index is 0.402. The van der Waals surface area contributed by atoms with Crippen molar-refractivity contribution < 1.29 is 4.74 Å². The summed E-state index contributed by atoms with van der Waals surface area (Å²) < 4.78 is 5.61.